The molecular formula is C20H23FN2O4S. The standard InChI is InChI=1S/C20H23FN2O4S/c1-13-10-18(8-9-19(13)21)28(25,26)22-17-6-4-16(5-7-17)20(24)23-11-14(2)27-15(3)12-23/h4-10,14-15,22H,11-12H2,1-3H3/t14-,15+. The van der Waals surface area contributed by atoms with Gasteiger partial charge in [0.25, 0.3) is 15.9 Å². The van der Waals surface area contributed by atoms with Crippen molar-refractivity contribution in [1.29, 1.82) is 0 Å². The number of halogens is 1. The Hall–Kier alpha value is -2.45. The number of hydrogen-bond acceptors (Lipinski definition) is 4. The lowest BCUT2D eigenvalue weighted by Crippen LogP contribution is -2.48. The largest absolute Gasteiger partial charge is 0.372 e. The van der Waals surface area contributed by atoms with E-state index in [9.17, 15) is 17.6 Å². The molecule has 150 valence electrons. The fraction of sp³-hybridized carbons (Fsp3) is 0.350. The number of hydrogen-bond donors (Lipinski definition) is 1. The van der Waals surface area contributed by atoms with Crippen LogP contribution in [-0.2, 0) is 14.8 Å². The molecular weight excluding hydrogens is 383 g/mol. The van der Waals surface area contributed by atoms with Crippen molar-refractivity contribution in [1.82, 2.24) is 4.90 Å². The number of morpholine rings is 1. The van der Waals surface area contributed by atoms with Crippen molar-refractivity contribution in [2.45, 2.75) is 37.9 Å². The molecule has 1 N–H and O–H groups in total. The Labute approximate surface area is 164 Å². The second-order valence-corrected chi connectivity index (χ2v) is 8.74. The van der Waals surface area contributed by atoms with Crippen molar-refractivity contribution in [3.8, 4) is 0 Å². The van der Waals surface area contributed by atoms with Crippen LogP contribution in [0.4, 0.5) is 10.1 Å². The zero-order chi connectivity index (χ0) is 20.5. The fourth-order valence-corrected chi connectivity index (χ4v) is 4.35. The summed E-state index contributed by atoms with van der Waals surface area (Å²) in [5.41, 5.74) is 1.04. The third-order valence-corrected chi connectivity index (χ3v) is 5.91. The van der Waals surface area contributed by atoms with Crippen LogP contribution in [0.3, 0.4) is 0 Å². The number of carbonyl (C=O) groups excluding carboxylic acids is 1. The number of ether oxygens (including phenoxy) is 1. The van der Waals surface area contributed by atoms with Gasteiger partial charge in [-0.3, -0.25) is 9.52 Å². The third kappa shape index (κ3) is 4.51. The van der Waals surface area contributed by atoms with Crippen LogP contribution in [0.15, 0.2) is 47.4 Å². The Balaban J connectivity index is 1.73. The van der Waals surface area contributed by atoms with E-state index in [4.69, 9.17) is 4.74 Å². The van der Waals surface area contributed by atoms with Crippen molar-refractivity contribution < 1.29 is 22.3 Å². The van der Waals surface area contributed by atoms with E-state index in [0.29, 0.717) is 24.3 Å². The molecule has 0 aromatic heterocycles. The lowest BCUT2D eigenvalue weighted by molar-refractivity contribution is -0.0586. The first kappa shape index (κ1) is 20.3. The molecule has 2 aromatic rings. The minimum Gasteiger partial charge on any atom is -0.372 e. The Morgan fingerprint density at radius 1 is 1.11 bits per heavy atom. The number of anilines is 1. The maximum Gasteiger partial charge on any atom is 0.261 e. The van der Waals surface area contributed by atoms with Gasteiger partial charge in [0.15, 0.2) is 0 Å². The molecule has 28 heavy (non-hydrogen) atoms. The highest BCUT2D eigenvalue weighted by Gasteiger charge is 2.26. The van der Waals surface area contributed by atoms with Gasteiger partial charge in [-0.25, -0.2) is 12.8 Å². The summed E-state index contributed by atoms with van der Waals surface area (Å²) >= 11 is 0. The summed E-state index contributed by atoms with van der Waals surface area (Å²) in [6, 6.07) is 9.85. The minimum atomic E-state index is -3.85. The predicted molar refractivity (Wildman–Crippen MR) is 104 cm³/mol. The molecule has 0 radical (unpaired) electrons. The second-order valence-electron chi connectivity index (χ2n) is 7.06. The average molecular weight is 406 g/mol. The van der Waals surface area contributed by atoms with Gasteiger partial charge in [-0.2, -0.15) is 0 Å². The topological polar surface area (TPSA) is 75.7 Å². The quantitative estimate of drug-likeness (QED) is 0.846. The monoisotopic (exact) mass is 406 g/mol. The van der Waals surface area contributed by atoms with Crippen LogP contribution < -0.4 is 4.72 Å². The molecule has 0 unspecified atom stereocenters. The van der Waals surface area contributed by atoms with Crippen LogP contribution in [-0.4, -0.2) is 44.5 Å². The van der Waals surface area contributed by atoms with Crippen LogP contribution in [0.25, 0.3) is 0 Å². The molecule has 0 aliphatic carbocycles. The maximum absolute atomic E-state index is 13.4. The summed E-state index contributed by atoms with van der Waals surface area (Å²) in [7, 11) is -3.85. The van der Waals surface area contributed by atoms with Crippen molar-refractivity contribution in [2.24, 2.45) is 0 Å². The molecule has 1 amide bonds. The van der Waals surface area contributed by atoms with Crippen LogP contribution in [0.2, 0.25) is 0 Å². The average Bonchev–Trinajstić information content (AvgIpc) is 2.63. The molecule has 1 saturated heterocycles. The molecule has 2 atom stereocenters. The maximum atomic E-state index is 13.4. The SMILES string of the molecule is Cc1cc(S(=O)(=O)Nc2ccc(C(=O)N3C[C@@H](C)O[C@@H](C)C3)cc2)ccc1F. The number of sulfonamides is 1. The van der Waals surface area contributed by atoms with Gasteiger partial charge in [-0.05, 0) is 68.8 Å². The van der Waals surface area contributed by atoms with Gasteiger partial charge in [-0.15, -0.1) is 0 Å². The van der Waals surface area contributed by atoms with E-state index in [1.165, 1.54) is 31.2 Å². The highest BCUT2D eigenvalue weighted by molar-refractivity contribution is 7.92. The molecule has 1 aliphatic heterocycles. The van der Waals surface area contributed by atoms with Crippen LogP contribution in [0.5, 0.6) is 0 Å². The van der Waals surface area contributed by atoms with Gasteiger partial charge < -0.3 is 9.64 Å². The van der Waals surface area contributed by atoms with E-state index in [1.54, 1.807) is 17.0 Å². The minimum absolute atomic E-state index is 0.0251. The van der Waals surface area contributed by atoms with Crippen LogP contribution in [0, 0.1) is 12.7 Å². The van der Waals surface area contributed by atoms with Gasteiger partial charge in [-0.1, -0.05) is 0 Å². The molecule has 1 fully saturated rings. The summed E-state index contributed by atoms with van der Waals surface area (Å²) in [5.74, 6) is -0.584. The normalized spacial score (nSPS) is 20.1. The van der Waals surface area contributed by atoms with Crippen LogP contribution >= 0.6 is 0 Å². The first-order valence-electron chi connectivity index (χ1n) is 8.99. The predicted octanol–water partition coefficient (Wildman–Crippen LogP) is 3.18. The van der Waals surface area contributed by atoms with E-state index in [2.05, 4.69) is 4.72 Å². The zero-order valence-corrected chi connectivity index (χ0v) is 16.8. The van der Waals surface area contributed by atoms with E-state index < -0.39 is 15.8 Å². The molecule has 8 heteroatoms. The summed E-state index contributed by atoms with van der Waals surface area (Å²) in [4.78, 5) is 14.4. The number of benzene rings is 2. The molecule has 2 aromatic carbocycles. The van der Waals surface area contributed by atoms with E-state index >= 15 is 0 Å². The first-order valence-corrected chi connectivity index (χ1v) is 10.5. The highest BCUT2D eigenvalue weighted by atomic mass is 32.2. The Morgan fingerprint density at radius 3 is 2.29 bits per heavy atom. The van der Waals surface area contributed by atoms with Gasteiger partial charge in [0.2, 0.25) is 0 Å². The van der Waals surface area contributed by atoms with Crippen molar-refractivity contribution in [3.63, 3.8) is 0 Å². The molecule has 0 saturated carbocycles. The lowest BCUT2D eigenvalue weighted by atomic mass is 10.1. The van der Waals surface area contributed by atoms with Gasteiger partial charge in [0, 0.05) is 24.3 Å². The number of rotatable bonds is 4. The number of carbonyl (C=O) groups is 1. The second kappa shape index (κ2) is 7.89. The van der Waals surface area contributed by atoms with E-state index in [0.717, 1.165) is 6.07 Å². The van der Waals surface area contributed by atoms with Crippen LogP contribution in [0.1, 0.15) is 29.8 Å². The Bertz CT molecular complexity index is 966. The fourth-order valence-electron chi connectivity index (χ4n) is 3.21. The summed E-state index contributed by atoms with van der Waals surface area (Å²) in [6.45, 7) is 6.38. The molecule has 0 spiro atoms. The van der Waals surface area contributed by atoms with E-state index in [-0.39, 0.29) is 28.6 Å². The van der Waals surface area contributed by atoms with Crippen molar-refractivity contribution in [2.75, 3.05) is 17.8 Å². The molecule has 1 aliphatic rings. The lowest BCUT2D eigenvalue weighted by Gasteiger charge is -2.35. The van der Waals surface area contributed by atoms with Gasteiger partial charge in [0.05, 0.1) is 17.1 Å². The molecule has 1 heterocycles. The first-order chi connectivity index (χ1) is 13.2. The summed E-state index contributed by atoms with van der Waals surface area (Å²) < 4.78 is 46.4. The number of nitrogens with one attached hydrogen (secondary N) is 1. The highest BCUT2D eigenvalue weighted by Crippen LogP contribution is 2.20. The van der Waals surface area contributed by atoms with Gasteiger partial charge >= 0.3 is 0 Å². The summed E-state index contributed by atoms with van der Waals surface area (Å²) in [5, 5.41) is 0. The third-order valence-electron chi connectivity index (χ3n) is 4.53. The molecule has 3 rings (SSSR count). The van der Waals surface area contributed by atoms with Crippen molar-refractivity contribution >= 4 is 21.6 Å². The number of amides is 1. The van der Waals surface area contributed by atoms with Crippen molar-refractivity contribution in [3.05, 3.63) is 59.4 Å². The molecule has 0 bridgehead atoms. The van der Waals surface area contributed by atoms with Gasteiger partial charge in [0.1, 0.15) is 5.82 Å². The summed E-state index contributed by atoms with van der Waals surface area (Å²) in [6.07, 6.45) is -0.0594. The zero-order valence-electron chi connectivity index (χ0n) is 16.0. The Kier molecular flexibility index (Phi) is 5.71. The van der Waals surface area contributed by atoms with E-state index in [1.807, 2.05) is 13.8 Å². The smallest absolute Gasteiger partial charge is 0.261 e. The Morgan fingerprint density at radius 2 is 1.71 bits per heavy atom. The number of aryl methyl sites for hydroxylation is 1. The molecule has 6 nitrogen and oxygen atoms in total. The number of nitrogens with zero attached hydrogens (tertiary/aromatic N) is 1.